The molecule has 2 amide bonds. The summed E-state index contributed by atoms with van der Waals surface area (Å²) in [5, 5.41) is 2.94. The molecule has 3 aromatic carbocycles. The number of carbonyl (C=O) groups excluding carboxylic acids is 2. The molecule has 0 bridgehead atoms. The number of nitrogens with zero attached hydrogens (tertiary/aromatic N) is 1. The van der Waals surface area contributed by atoms with Crippen molar-refractivity contribution >= 4 is 23.2 Å². The van der Waals surface area contributed by atoms with Crippen LogP contribution in [0.3, 0.4) is 0 Å². The van der Waals surface area contributed by atoms with E-state index in [2.05, 4.69) is 26.1 Å². The van der Waals surface area contributed by atoms with E-state index in [1.807, 2.05) is 66.7 Å². The lowest BCUT2D eigenvalue weighted by atomic mass is 10.1. The molecule has 1 atom stereocenters. The summed E-state index contributed by atoms with van der Waals surface area (Å²) < 4.78 is 5.91. The van der Waals surface area contributed by atoms with Gasteiger partial charge in [0.15, 0.2) is 0 Å². The van der Waals surface area contributed by atoms with Crippen LogP contribution in [-0.4, -0.2) is 18.4 Å². The molecule has 1 fully saturated rings. The van der Waals surface area contributed by atoms with Gasteiger partial charge in [0.2, 0.25) is 11.8 Å². The van der Waals surface area contributed by atoms with Crippen LogP contribution in [0.25, 0.3) is 0 Å². The summed E-state index contributed by atoms with van der Waals surface area (Å²) >= 11 is 0. The number of ether oxygens (including phenoxy) is 1. The largest absolute Gasteiger partial charge is 0.457 e. The molecule has 0 spiro atoms. The molecular formula is C27H28N2O3. The van der Waals surface area contributed by atoms with E-state index in [4.69, 9.17) is 4.74 Å². The first-order valence-electron chi connectivity index (χ1n) is 11.0. The minimum Gasteiger partial charge on any atom is -0.457 e. The second-order valence-corrected chi connectivity index (χ2v) is 8.25. The lowest BCUT2D eigenvalue weighted by Gasteiger charge is -2.20. The lowest BCUT2D eigenvalue weighted by Crippen LogP contribution is -2.28. The summed E-state index contributed by atoms with van der Waals surface area (Å²) in [6.45, 7) is 6.58. The fraction of sp³-hybridized carbons (Fsp3) is 0.259. The van der Waals surface area contributed by atoms with E-state index < -0.39 is 0 Å². The predicted octanol–water partition coefficient (Wildman–Crippen LogP) is 5.65. The number of nitrogens with one attached hydrogen (secondary N) is 1. The molecule has 3 aromatic rings. The van der Waals surface area contributed by atoms with Gasteiger partial charge in [-0.3, -0.25) is 9.59 Å². The van der Waals surface area contributed by atoms with E-state index in [-0.39, 0.29) is 24.2 Å². The Morgan fingerprint density at radius 3 is 2.44 bits per heavy atom. The molecule has 1 aliphatic heterocycles. The maximum Gasteiger partial charge on any atom is 0.229 e. The molecule has 0 aromatic heterocycles. The second kappa shape index (κ2) is 9.27. The van der Waals surface area contributed by atoms with Crippen molar-refractivity contribution in [3.8, 4) is 11.5 Å². The lowest BCUT2D eigenvalue weighted by molar-refractivity contribution is -0.122. The molecule has 5 heteroatoms. The van der Waals surface area contributed by atoms with Gasteiger partial charge in [-0.15, -0.1) is 0 Å². The zero-order valence-electron chi connectivity index (χ0n) is 18.7. The van der Waals surface area contributed by atoms with Crippen molar-refractivity contribution in [1.29, 1.82) is 0 Å². The fourth-order valence-electron chi connectivity index (χ4n) is 3.95. The minimum absolute atomic E-state index is 0.0109. The highest BCUT2D eigenvalue weighted by Crippen LogP contribution is 2.30. The first kappa shape index (κ1) is 21.6. The highest BCUT2D eigenvalue weighted by atomic mass is 16.5. The number of benzene rings is 3. The maximum absolute atomic E-state index is 12.8. The molecule has 0 saturated carbocycles. The van der Waals surface area contributed by atoms with E-state index >= 15 is 0 Å². The normalized spacial score (nSPS) is 15.7. The molecule has 164 valence electrons. The van der Waals surface area contributed by atoms with Gasteiger partial charge in [0.1, 0.15) is 11.5 Å². The van der Waals surface area contributed by atoms with Crippen LogP contribution in [0.1, 0.15) is 30.0 Å². The van der Waals surface area contributed by atoms with Gasteiger partial charge in [0, 0.05) is 24.3 Å². The highest BCUT2D eigenvalue weighted by Gasteiger charge is 2.35. The van der Waals surface area contributed by atoms with E-state index in [9.17, 15) is 9.59 Å². The van der Waals surface area contributed by atoms with Gasteiger partial charge in [-0.25, -0.2) is 0 Å². The number of hydrogen-bond acceptors (Lipinski definition) is 3. The number of para-hydroxylation sites is 1. The number of hydrogen-bond donors (Lipinski definition) is 1. The summed E-state index contributed by atoms with van der Waals surface area (Å²) in [5.41, 5.74) is 5.09. The predicted molar refractivity (Wildman–Crippen MR) is 127 cm³/mol. The summed E-state index contributed by atoms with van der Waals surface area (Å²) in [6.07, 6.45) is 1.06. The molecule has 0 aliphatic carbocycles. The van der Waals surface area contributed by atoms with E-state index in [0.717, 1.165) is 23.4 Å². The molecule has 0 radical (unpaired) electrons. The summed E-state index contributed by atoms with van der Waals surface area (Å²) in [7, 11) is 0. The molecule has 1 N–H and O–H groups in total. The van der Waals surface area contributed by atoms with Crippen LogP contribution in [0.2, 0.25) is 0 Å². The molecule has 0 unspecified atom stereocenters. The van der Waals surface area contributed by atoms with E-state index in [1.54, 1.807) is 4.90 Å². The Hall–Kier alpha value is -3.60. The van der Waals surface area contributed by atoms with Crippen LogP contribution in [0.15, 0.2) is 66.7 Å². The smallest absolute Gasteiger partial charge is 0.229 e. The summed E-state index contributed by atoms with van der Waals surface area (Å²) in [4.78, 5) is 27.2. The second-order valence-electron chi connectivity index (χ2n) is 8.25. The number of aryl methyl sites for hydroxylation is 3. The average Bonchev–Trinajstić information content (AvgIpc) is 3.19. The molecule has 4 rings (SSSR count). The first-order valence-corrected chi connectivity index (χ1v) is 11.0. The van der Waals surface area contributed by atoms with Crippen molar-refractivity contribution in [2.24, 2.45) is 5.92 Å². The molecule has 5 nitrogen and oxygen atoms in total. The van der Waals surface area contributed by atoms with Crippen molar-refractivity contribution < 1.29 is 14.3 Å². The Morgan fingerprint density at radius 1 is 1.00 bits per heavy atom. The first-order chi connectivity index (χ1) is 15.4. The standard InChI is InChI=1S/C27H28N2O3/c1-4-20-7-5-6-8-25(20)29-17-21(16-26(29)30)27(31)28-22-10-13-23(14-11-22)32-24-12-9-18(2)19(3)15-24/h5-15,21H,4,16-17H2,1-3H3,(H,28,31)/t21-/m1/s1. The SMILES string of the molecule is CCc1ccccc1N1C[C@H](C(=O)Nc2ccc(Oc3ccc(C)c(C)c3)cc2)CC1=O. The Kier molecular flexibility index (Phi) is 6.26. The topological polar surface area (TPSA) is 58.6 Å². The summed E-state index contributed by atoms with van der Waals surface area (Å²) in [6, 6.07) is 21.1. The Labute approximate surface area is 189 Å². The fourth-order valence-corrected chi connectivity index (χ4v) is 3.95. The van der Waals surface area contributed by atoms with Gasteiger partial charge >= 0.3 is 0 Å². The number of anilines is 2. The third-order valence-corrected chi connectivity index (χ3v) is 6.00. The average molecular weight is 429 g/mol. The van der Waals surface area contributed by atoms with E-state index in [0.29, 0.717) is 18.0 Å². The van der Waals surface area contributed by atoms with Crippen LogP contribution in [0, 0.1) is 19.8 Å². The van der Waals surface area contributed by atoms with Crippen molar-refractivity contribution in [2.75, 3.05) is 16.8 Å². The summed E-state index contributed by atoms with van der Waals surface area (Å²) in [5.74, 6) is 0.950. The van der Waals surface area contributed by atoms with Gasteiger partial charge in [-0.2, -0.15) is 0 Å². The van der Waals surface area contributed by atoms with Crippen LogP contribution in [0.5, 0.6) is 11.5 Å². The van der Waals surface area contributed by atoms with Crippen LogP contribution < -0.4 is 15.0 Å². The zero-order chi connectivity index (χ0) is 22.7. The molecule has 1 heterocycles. The van der Waals surface area contributed by atoms with Gasteiger partial charge in [-0.05, 0) is 79.4 Å². The zero-order valence-corrected chi connectivity index (χ0v) is 18.7. The van der Waals surface area contributed by atoms with Crippen molar-refractivity contribution in [2.45, 2.75) is 33.6 Å². The molecule has 1 saturated heterocycles. The monoisotopic (exact) mass is 428 g/mol. The Balaban J connectivity index is 1.38. The molecular weight excluding hydrogens is 400 g/mol. The van der Waals surface area contributed by atoms with Crippen molar-refractivity contribution in [3.05, 3.63) is 83.4 Å². The van der Waals surface area contributed by atoms with Crippen molar-refractivity contribution in [1.82, 2.24) is 0 Å². The maximum atomic E-state index is 12.8. The third kappa shape index (κ3) is 4.67. The highest BCUT2D eigenvalue weighted by molar-refractivity contribution is 6.03. The third-order valence-electron chi connectivity index (χ3n) is 6.00. The number of rotatable bonds is 6. The van der Waals surface area contributed by atoms with Crippen LogP contribution in [-0.2, 0) is 16.0 Å². The van der Waals surface area contributed by atoms with Gasteiger partial charge in [-0.1, -0.05) is 31.2 Å². The van der Waals surface area contributed by atoms with Crippen LogP contribution in [0.4, 0.5) is 11.4 Å². The molecule has 32 heavy (non-hydrogen) atoms. The van der Waals surface area contributed by atoms with Gasteiger partial charge < -0.3 is 15.0 Å². The molecule has 1 aliphatic rings. The Bertz CT molecular complexity index is 1140. The number of carbonyl (C=O) groups is 2. The quantitative estimate of drug-likeness (QED) is 0.552. The Morgan fingerprint density at radius 2 is 1.72 bits per heavy atom. The number of amides is 2. The van der Waals surface area contributed by atoms with Crippen molar-refractivity contribution in [3.63, 3.8) is 0 Å². The van der Waals surface area contributed by atoms with Crippen LogP contribution >= 0.6 is 0 Å². The minimum atomic E-state index is -0.376. The van der Waals surface area contributed by atoms with Gasteiger partial charge in [0.25, 0.3) is 0 Å². The van der Waals surface area contributed by atoms with Gasteiger partial charge in [0.05, 0.1) is 5.92 Å². The van der Waals surface area contributed by atoms with E-state index in [1.165, 1.54) is 11.1 Å².